The molecular formula is C34H53ClN2O. The highest BCUT2D eigenvalue weighted by molar-refractivity contribution is 6.30. The number of nitrogens with one attached hydrogen (secondary N) is 1. The number of rotatable bonds is 5. The van der Waals surface area contributed by atoms with Gasteiger partial charge in [0.1, 0.15) is 0 Å². The predicted octanol–water partition coefficient (Wildman–Crippen LogP) is 9.51. The normalized spacial score (nSPS) is 13.8. The van der Waals surface area contributed by atoms with Crippen LogP contribution in [0, 0.1) is 12.8 Å². The Kier molecular flexibility index (Phi) is 22.1. The molecule has 2 aromatic carbocycles. The van der Waals surface area contributed by atoms with Gasteiger partial charge in [0.25, 0.3) is 0 Å². The van der Waals surface area contributed by atoms with Crippen LogP contribution in [-0.2, 0) is 17.8 Å². The zero-order valence-electron chi connectivity index (χ0n) is 25.4. The Hall–Kier alpha value is -2.62. The van der Waals surface area contributed by atoms with E-state index in [0.29, 0.717) is 5.92 Å². The van der Waals surface area contributed by atoms with E-state index in [1.807, 2.05) is 45.0 Å². The lowest BCUT2D eigenvalue weighted by Crippen LogP contribution is -2.32. The number of nitrogens with zero attached hydrogens (tertiary/aromatic N) is 1. The molecular weight excluding hydrogens is 488 g/mol. The molecule has 1 amide bonds. The second kappa shape index (κ2) is 22.4. The maximum atomic E-state index is 10.8. The SMILES string of the molecule is C=C.C=C1CCC(C)C(=O)N1.C=CC.CCc1c(CN(C)CC)cccc1C(C)C.Cc1ccc(Cl)cc1. The number of halogens is 1. The first kappa shape index (κ1) is 37.5. The second-order valence-electron chi connectivity index (χ2n) is 9.56. The summed E-state index contributed by atoms with van der Waals surface area (Å²) in [5.41, 5.74) is 6.67. The zero-order valence-corrected chi connectivity index (χ0v) is 26.1. The quantitative estimate of drug-likeness (QED) is 0.383. The molecule has 0 bridgehead atoms. The predicted molar refractivity (Wildman–Crippen MR) is 171 cm³/mol. The van der Waals surface area contributed by atoms with Gasteiger partial charge in [-0.05, 0) is 81.4 Å². The Morgan fingerprint density at radius 1 is 1.13 bits per heavy atom. The van der Waals surface area contributed by atoms with Crippen molar-refractivity contribution < 1.29 is 4.79 Å². The monoisotopic (exact) mass is 540 g/mol. The van der Waals surface area contributed by atoms with Gasteiger partial charge in [-0.2, -0.15) is 0 Å². The average Bonchev–Trinajstić information content (AvgIpc) is 2.90. The van der Waals surface area contributed by atoms with Gasteiger partial charge in [-0.1, -0.05) is 94.8 Å². The molecule has 3 nitrogen and oxygen atoms in total. The van der Waals surface area contributed by atoms with Gasteiger partial charge in [-0.15, -0.1) is 19.7 Å². The van der Waals surface area contributed by atoms with Crippen molar-refractivity contribution in [3.8, 4) is 0 Å². The molecule has 4 heteroatoms. The second-order valence-corrected chi connectivity index (χ2v) is 10.00. The molecule has 0 aliphatic carbocycles. The highest BCUT2D eigenvalue weighted by Gasteiger charge is 2.18. The topological polar surface area (TPSA) is 32.3 Å². The Labute approximate surface area is 239 Å². The lowest BCUT2D eigenvalue weighted by Gasteiger charge is -2.20. The number of carbonyl (C=O) groups is 1. The van der Waals surface area contributed by atoms with Gasteiger partial charge in [-0.25, -0.2) is 0 Å². The Balaban J connectivity index is 0. The van der Waals surface area contributed by atoms with E-state index in [2.05, 4.69) is 89.5 Å². The van der Waals surface area contributed by atoms with Crippen molar-refractivity contribution in [1.82, 2.24) is 10.2 Å². The van der Waals surface area contributed by atoms with Crippen LogP contribution in [0.25, 0.3) is 0 Å². The molecule has 2 aromatic rings. The van der Waals surface area contributed by atoms with Crippen LogP contribution in [0.5, 0.6) is 0 Å². The minimum absolute atomic E-state index is 0.117. The molecule has 1 aliphatic rings. The summed E-state index contributed by atoms with van der Waals surface area (Å²) < 4.78 is 0. The van der Waals surface area contributed by atoms with Gasteiger partial charge in [0, 0.05) is 23.2 Å². The Morgan fingerprint density at radius 2 is 1.68 bits per heavy atom. The average molecular weight is 541 g/mol. The van der Waals surface area contributed by atoms with Crippen LogP contribution in [-0.4, -0.2) is 24.4 Å². The fraction of sp³-hybridized carbons (Fsp3) is 0.441. The maximum Gasteiger partial charge on any atom is 0.226 e. The lowest BCUT2D eigenvalue weighted by molar-refractivity contribution is -0.124. The van der Waals surface area contributed by atoms with Crippen LogP contribution in [0.15, 0.2) is 80.6 Å². The third-order valence-corrected chi connectivity index (χ3v) is 6.15. The van der Waals surface area contributed by atoms with Crippen LogP contribution in [0.4, 0.5) is 0 Å². The third kappa shape index (κ3) is 16.3. The molecule has 1 N–H and O–H groups in total. The fourth-order valence-electron chi connectivity index (χ4n) is 3.59. The maximum absolute atomic E-state index is 10.8. The van der Waals surface area contributed by atoms with Crippen molar-refractivity contribution >= 4 is 17.5 Å². The summed E-state index contributed by atoms with van der Waals surface area (Å²) in [5, 5.41) is 3.50. The van der Waals surface area contributed by atoms with Crippen LogP contribution < -0.4 is 5.32 Å². The number of piperidine rings is 1. The molecule has 212 valence electrons. The van der Waals surface area contributed by atoms with Crippen molar-refractivity contribution in [2.24, 2.45) is 5.92 Å². The van der Waals surface area contributed by atoms with Crippen LogP contribution >= 0.6 is 11.6 Å². The third-order valence-electron chi connectivity index (χ3n) is 5.90. The summed E-state index contributed by atoms with van der Waals surface area (Å²) in [6.45, 7) is 30.1. The van der Waals surface area contributed by atoms with Crippen molar-refractivity contribution in [2.45, 2.75) is 80.2 Å². The summed E-state index contributed by atoms with van der Waals surface area (Å²) in [5.74, 6) is 0.920. The molecule has 38 heavy (non-hydrogen) atoms. The minimum Gasteiger partial charge on any atom is -0.330 e. The highest BCUT2D eigenvalue weighted by Crippen LogP contribution is 2.24. The van der Waals surface area contributed by atoms with E-state index in [1.165, 1.54) is 16.7 Å². The number of allylic oxidation sites excluding steroid dienone is 2. The van der Waals surface area contributed by atoms with E-state index in [0.717, 1.165) is 43.1 Å². The number of amides is 1. The zero-order chi connectivity index (χ0) is 29.7. The molecule has 1 saturated heterocycles. The van der Waals surface area contributed by atoms with Crippen molar-refractivity contribution in [3.63, 3.8) is 0 Å². The number of benzene rings is 2. The fourth-order valence-corrected chi connectivity index (χ4v) is 3.72. The van der Waals surface area contributed by atoms with Crippen LogP contribution in [0.1, 0.15) is 82.6 Å². The standard InChI is InChI=1S/C15H25N.C7H7Cl.C7H11NO.C3H6.C2H4/c1-6-14-13(11-16(5)7-2)9-8-10-15(14)12(3)4;1-6-2-4-7(8)5-3-6;1-5-3-4-6(2)8-7(5)9;1-3-2;1-2/h8-10,12H,6-7,11H2,1-5H3;2-5H,1H3;5H,2-4H2,1H3,(H,8,9);3H,1H2,2H3;1-2H2. The molecule has 1 atom stereocenters. The number of carbonyl (C=O) groups excluding carboxylic acids is 1. The first-order valence-electron chi connectivity index (χ1n) is 13.6. The summed E-state index contributed by atoms with van der Waals surface area (Å²) in [4.78, 5) is 13.2. The summed E-state index contributed by atoms with van der Waals surface area (Å²) in [6, 6.07) is 14.5. The molecule has 1 unspecified atom stereocenters. The number of hydrogen-bond donors (Lipinski definition) is 1. The van der Waals surface area contributed by atoms with E-state index in [1.54, 1.807) is 11.6 Å². The highest BCUT2D eigenvalue weighted by atomic mass is 35.5. The van der Waals surface area contributed by atoms with Gasteiger partial charge in [0.05, 0.1) is 0 Å². The van der Waals surface area contributed by atoms with E-state index < -0.39 is 0 Å². The molecule has 1 fully saturated rings. The molecule has 0 saturated carbocycles. The van der Waals surface area contributed by atoms with Gasteiger partial charge in [-0.3, -0.25) is 4.79 Å². The van der Waals surface area contributed by atoms with Gasteiger partial charge in [0.2, 0.25) is 5.91 Å². The van der Waals surface area contributed by atoms with E-state index in [4.69, 9.17) is 11.6 Å². The van der Waals surface area contributed by atoms with Crippen molar-refractivity contribution in [2.75, 3.05) is 13.6 Å². The van der Waals surface area contributed by atoms with Crippen LogP contribution in [0.2, 0.25) is 5.02 Å². The molecule has 1 heterocycles. The van der Waals surface area contributed by atoms with Gasteiger partial charge in [0.15, 0.2) is 0 Å². The molecule has 0 spiro atoms. The molecule has 0 radical (unpaired) electrons. The first-order valence-corrected chi connectivity index (χ1v) is 13.9. The summed E-state index contributed by atoms with van der Waals surface area (Å²) >= 11 is 5.61. The van der Waals surface area contributed by atoms with Crippen molar-refractivity contribution in [3.05, 3.63) is 108 Å². The summed E-state index contributed by atoms with van der Waals surface area (Å²) in [7, 11) is 2.18. The van der Waals surface area contributed by atoms with Gasteiger partial charge < -0.3 is 10.2 Å². The van der Waals surface area contributed by atoms with Crippen LogP contribution in [0.3, 0.4) is 0 Å². The molecule has 1 aliphatic heterocycles. The summed E-state index contributed by atoms with van der Waals surface area (Å²) in [6.07, 6.45) is 4.78. The number of hydrogen-bond acceptors (Lipinski definition) is 2. The van der Waals surface area contributed by atoms with E-state index in [9.17, 15) is 4.79 Å². The molecule has 0 aromatic heterocycles. The Morgan fingerprint density at radius 3 is 2.08 bits per heavy atom. The van der Waals surface area contributed by atoms with Crippen molar-refractivity contribution in [1.29, 1.82) is 0 Å². The smallest absolute Gasteiger partial charge is 0.226 e. The van der Waals surface area contributed by atoms with Gasteiger partial charge >= 0.3 is 0 Å². The minimum atomic E-state index is 0.117. The molecule has 3 rings (SSSR count). The number of aryl methyl sites for hydroxylation is 1. The first-order chi connectivity index (χ1) is 18.0. The largest absolute Gasteiger partial charge is 0.330 e. The lowest BCUT2D eigenvalue weighted by atomic mass is 9.91. The van der Waals surface area contributed by atoms with E-state index in [-0.39, 0.29) is 11.8 Å². The Bertz CT molecular complexity index is 913. The van der Waals surface area contributed by atoms with E-state index >= 15 is 0 Å².